The van der Waals surface area contributed by atoms with Gasteiger partial charge in [-0.25, -0.2) is 4.99 Å². The van der Waals surface area contributed by atoms with Crippen LogP contribution in [-0.4, -0.2) is 40.5 Å². The van der Waals surface area contributed by atoms with Crippen LogP contribution in [0.25, 0.3) is 0 Å². The van der Waals surface area contributed by atoms with Crippen molar-refractivity contribution in [3.05, 3.63) is 60.7 Å². The number of benzene rings is 2. The van der Waals surface area contributed by atoms with Gasteiger partial charge in [0.1, 0.15) is 18.6 Å². The molecule has 2 heterocycles. The van der Waals surface area contributed by atoms with E-state index >= 15 is 0 Å². The molecule has 0 unspecified atom stereocenters. The second-order valence-electron chi connectivity index (χ2n) is 6.09. The predicted molar refractivity (Wildman–Crippen MR) is 104 cm³/mol. The van der Waals surface area contributed by atoms with Crippen molar-refractivity contribution in [1.29, 1.82) is 0 Å². The first-order valence-corrected chi connectivity index (χ1v) is 9.26. The van der Waals surface area contributed by atoms with Crippen molar-refractivity contribution in [3.8, 4) is 0 Å². The lowest BCUT2D eigenvalue weighted by molar-refractivity contribution is -0.128. The van der Waals surface area contributed by atoms with Gasteiger partial charge in [-0.1, -0.05) is 48.2 Å². The Balaban J connectivity index is 1.40. The van der Waals surface area contributed by atoms with Crippen molar-refractivity contribution >= 4 is 40.1 Å². The summed E-state index contributed by atoms with van der Waals surface area (Å²) in [6.45, 7) is 0.977. The Bertz CT molecular complexity index is 841. The summed E-state index contributed by atoms with van der Waals surface area (Å²) in [6, 6.07) is 19.1. The van der Waals surface area contributed by atoms with E-state index < -0.39 is 5.25 Å². The van der Waals surface area contributed by atoms with Gasteiger partial charge in [0.2, 0.25) is 11.8 Å². The van der Waals surface area contributed by atoms with E-state index in [1.165, 1.54) is 11.8 Å². The Morgan fingerprint density at radius 1 is 1.12 bits per heavy atom. The molecule has 4 rings (SSSR count). The van der Waals surface area contributed by atoms with Crippen LogP contribution >= 0.6 is 11.8 Å². The quantitative estimate of drug-likeness (QED) is 0.904. The number of hydrogen-bond acceptors (Lipinski definition) is 5. The summed E-state index contributed by atoms with van der Waals surface area (Å²) in [7, 11) is 0. The standard InChI is InChI=1S/C19H18N4O2S/c24-17(21-14-7-3-1-4-8-14)11-16-18(25)23-13-22(12-20-19(23)26-16)15-9-5-2-6-10-15/h1-10,16H,11-13H2,(H,21,24)/t16-/m1/s1. The lowest BCUT2D eigenvalue weighted by atomic mass is 10.2. The molecule has 0 spiro atoms. The fourth-order valence-corrected chi connectivity index (χ4v) is 4.08. The van der Waals surface area contributed by atoms with Crippen molar-refractivity contribution in [1.82, 2.24) is 4.90 Å². The molecule has 2 aliphatic rings. The van der Waals surface area contributed by atoms with Gasteiger partial charge in [0.25, 0.3) is 0 Å². The molecule has 1 N–H and O–H groups in total. The van der Waals surface area contributed by atoms with Crippen molar-refractivity contribution in [2.24, 2.45) is 4.99 Å². The average molecular weight is 366 g/mol. The molecule has 1 atom stereocenters. The van der Waals surface area contributed by atoms with Gasteiger partial charge < -0.3 is 10.2 Å². The van der Waals surface area contributed by atoms with Crippen LogP contribution < -0.4 is 10.2 Å². The average Bonchev–Trinajstić information content (AvgIpc) is 2.98. The number of amides is 2. The number of fused-ring (bicyclic) bond motifs is 1. The largest absolute Gasteiger partial charge is 0.334 e. The predicted octanol–water partition coefficient (Wildman–Crippen LogP) is 2.75. The molecule has 1 saturated heterocycles. The summed E-state index contributed by atoms with van der Waals surface area (Å²) in [5, 5.41) is 3.12. The van der Waals surface area contributed by atoms with Crippen LogP contribution in [0.5, 0.6) is 0 Å². The Hall–Kier alpha value is -2.80. The van der Waals surface area contributed by atoms with Crippen molar-refractivity contribution in [3.63, 3.8) is 0 Å². The molecule has 26 heavy (non-hydrogen) atoms. The van der Waals surface area contributed by atoms with Gasteiger partial charge in [0.15, 0.2) is 5.17 Å². The number of amidine groups is 1. The maximum atomic E-state index is 12.7. The van der Waals surface area contributed by atoms with E-state index in [0.717, 1.165) is 11.4 Å². The molecule has 7 heteroatoms. The Labute approximate surface area is 155 Å². The molecule has 0 saturated carbocycles. The number of aliphatic imine (C=N–C) groups is 1. The zero-order valence-corrected chi connectivity index (χ0v) is 14.9. The second-order valence-corrected chi connectivity index (χ2v) is 7.26. The van der Waals surface area contributed by atoms with Crippen molar-refractivity contribution in [2.45, 2.75) is 11.7 Å². The summed E-state index contributed by atoms with van der Waals surface area (Å²) < 4.78 is 0. The van der Waals surface area contributed by atoms with Gasteiger partial charge in [-0.3, -0.25) is 14.5 Å². The fraction of sp³-hybridized carbons (Fsp3) is 0.211. The van der Waals surface area contributed by atoms with E-state index in [0.29, 0.717) is 18.5 Å². The third kappa shape index (κ3) is 3.43. The Kier molecular flexibility index (Phi) is 4.62. The molecule has 6 nitrogen and oxygen atoms in total. The summed E-state index contributed by atoms with van der Waals surface area (Å²) in [4.78, 5) is 33.2. The summed E-state index contributed by atoms with van der Waals surface area (Å²) in [5.41, 5.74) is 1.76. The highest BCUT2D eigenvalue weighted by Gasteiger charge is 2.41. The van der Waals surface area contributed by atoms with Crippen LogP contribution in [0, 0.1) is 0 Å². The molecule has 2 aliphatic heterocycles. The SMILES string of the molecule is O=C(C[C@H]1SC2=NCN(c3ccccc3)CN2C1=O)Nc1ccccc1. The third-order valence-electron chi connectivity index (χ3n) is 4.26. The van der Waals surface area contributed by atoms with E-state index in [9.17, 15) is 9.59 Å². The van der Waals surface area contributed by atoms with Crippen LogP contribution in [-0.2, 0) is 9.59 Å². The topological polar surface area (TPSA) is 65.0 Å². The van der Waals surface area contributed by atoms with Gasteiger partial charge in [-0.2, -0.15) is 0 Å². The number of nitrogens with one attached hydrogen (secondary N) is 1. The maximum absolute atomic E-state index is 12.7. The molecule has 2 aromatic carbocycles. The number of rotatable bonds is 4. The molecule has 0 radical (unpaired) electrons. The van der Waals surface area contributed by atoms with Crippen LogP contribution in [0.3, 0.4) is 0 Å². The van der Waals surface area contributed by atoms with Crippen LogP contribution in [0.4, 0.5) is 11.4 Å². The van der Waals surface area contributed by atoms with E-state index in [-0.39, 0.29) is 18.2 Å². The van der Waals surface area contributed by atoms with Gasteiger partial charge in [-0.05, 0) is 24.3 Å². The monoisotopic (exact) mass is 366 g/mol. The number of carbonyl (C=O) groups is 2. The number of para-hydroxylation sites is 2. The van der Waals surface area contributed by atoms with E-state index in [2.05, 4.69) is 10.3 Å². The zero-order chi connectivity index (χ0) is 17.9. The van der Waals surface area contributed by atoms with E-state index in [1.807, 2.05) is 65.6 Å². The van der Waals surface area contributed by atoms with Gasteiger partial charge in [-0.15, -0.1) is 0 Å². The van der Waals surface area contributed by atoms with Crippen LogP contribution in [0.1, 0.15) is 6.42 Å². The number of anilines is 2. The molecule has 1 fully saturated rings. The molecule has 2 amide bonds. The lowest BCUT2D eigenvalue weighted by Gasteiger charge is -2.32. The highest BCUT2D eigenvalue weighted by Crippen LogP contribution is 2.32. The number of hydrogen-bond donors (Lipinski definition) is 1. The smallest absolute Gasteiger partial charge is 0.244 e. The molecular formula is C19H18N4O2S. The molecule has 0 bridgehead atoms. The van der Waals surface area contributed by atoms with Gasteiger partial charge >= 0.3 is 0 Å². The highest BCUT2D eigenvalue weighted by molar-refractivity contribution is 8.15. The van der Waals surface area contributed by atoms with Crippen molar-refractivity contribution in [2.75, 3.05) is 23.6 Å². The zero-order valence-electron chi connectivity index (χ0n) is 14.0. The van der Waals surface area contributed by atoms with Gasteiger partial charge in [0.05, 0.1) is 0 Å². The lowest BCUT2D eigenvalue weighted by Crippen LogP contribution is -2.46. The fourth-order valence-electron chi connectivity index (χ4n) is 2.96. The molecule has 132 valence electrons. The van der Waals surface area contributed by atoms with Crippen molar-refractivity contribution < 1.29 is 9.59 Å². The van der Waals surface area contributed by atoms with E-state index in [4.69, 9.17) is 0 Å². The first-order valence-electron chi connectivity index (χ1n) is 8.38. The minimum absolute atomic E-state index is 0.0578. The number of thioether (sulfide) groups is 1. The Morgan fingerprint density at radius 3 is 2.54 bits per heavy atom. The molecule has 0 aliphatic carbocycles. The number of nitrogens with zero attached hydrogens (tertiary/aromatic N) is 3. The minimum atomic E-state index is -0.423. The van der Waals surface area contributed by atoms with Crippen LogP contribution in [0.2, 0.25) is 0 Å². The first kappa shape index (κ1) is 16.7. The minimum Gasteiger partial charge on any atom is -0.334 e. The highest BCUT2D eigenvalue weighted by atomic mass is 32.2. The second kappa shape index (κ2) is 7.21. The first-order chi connectivity index (χ1) is 12.7. The summed E-state index contributed by atoms with van der Waals surface area (Å²) >= 11 is 1.38. The Morgan fingerprint density at radius 2 is 1.81 bits per heavy atom. The third-order valence-corrected chi connectivity index (χ3v) is 5.47. The van der Waals surface area contributed by atoms with E-state index in [1.54, 1.807) is 4.90 Å². The number of carbonyl (C=O) groups excluding carboxylic acids is 2. The normalized spacial score (nSPS) is 19.2. The van der Waals surface area contributed by atoms with Gasteiger partial charge in [0, 0.05) is 17.8 Å². The molecule has 2 aromatic rings. The molecular weight excluding hydrogens is 348 g/mol. The maximum Gasteiger partial charge on any atom is 0.244 e. The van der Waals surface area contributed by atoms with Crippen LogP contribution in [0.15, 0.2) is 65.7 Å². The summed E-state index contributed by atoms with van der Waals surface area (Å²) in [6.07, 6.45) is 0.138. The molecule has 0 aromatic heterocycles. The summed E-state index contributed by atoms with van der Waals surface area (Å²) in [5.74, 6) is -0.222.